The van der Waals surface area contributed by atoms with Crippen LogP contribution in [-0.2, 0) is 6.42 Å². The summed E-state index contributed by atoms with van der Waals surface area (Å²) in [4.78, 5) is 1.64. The fourth-order valence-corrected chi connectivity index (χ4v) is 3.26. The number of rotatable bonds is 3. The van der Waals surface area contributed by atoms with Crippen LogP contribution in [0.15, 0.2) is 42.5 Å². The van der Waals surface area contributed by atoms with Crippen LogP contribution in [0.25, 0.3) is 0 Å². The molecule has 1 atom stereocenters. The predicted octanol–water partition coefficient (Wildman–Crippen LogP) is 5.08. The van der Waals surface area contributed by atoms with E-state index in [0.29, 0.717) is 4.83 Å². The maximum Gasteiger partial charge on any atom is 0.0931 e. The molecule has 0 saturated carbocycles. The summed E-state index contributed by atoms with van der Waals surface area (Å²) in [5, 5.41) is 0. The molecule has 1 aromatic heterocycles. The van der Waals surface area contributed by atoms with Crippen LogP contribution in [0.3, 0.4) is 0 Å². The van der Waals surface area contributed by atoms with Crippen LogP contribution < -0.4 is 0 Å². The van der Waals surface area contributed by atoms with Crippen LogP contribution in [0.1, 0.15) is 15.3 Å². The lowest BCUT2D eigenvalue weighted by Gasteiger charge is -2.06. The first-order valence-corrected chi connectivity index (χ1v) is 6.80. The van der Waals surface area contributed by atoms with E-state index >= 15 is 0 Å². The molecule has 0 N–H and O–H groups in total. The molecule has 0 aliphatic heterocycles. The minimum absolute atomic E-state index is 0.359. The first-order chi connectivity index (χ1) is 7.25. The van der Waals surface area contributed by atoms with Crippen LogP contribution in [-0.4, -0.2) is 0 Å². The average Bonchev–Trinajstić information content (AvgIpc) is 2.66. The third-order valence-electron chi connectivity index (χ3n) is 2.16. The minimum Gasteiger partial charge on any atom is -0.127 e. The second kappa shape index (κ2) is 5.15. The van der Waals surface area contributed by atoms with Crippen molar-refractivity contribution < 1.29 is 0 Å². The smallest absolute Gasteiger partial charge is 0.0931 e. The van der Waals surface area contributed by atoms with Gasteiger partial charge in [0, 0.05) is 4.88 Å². The Kier molecular flexibility index (Phi) is 3.84. The Morgan fingerprint density at radius 1 is 1.13 bits per heavy atom. The zero-order valence-electron chi connectivity index (χ0n) is 7.99. The second-order valence-electron chi connectivity index (χ2n) is 3.30. The zero-order chi connectivity index (χ0) is 10.7. The fraction of sp³-hybridized carbons (Fsp3) is 0.167. The van der Waals surface area contributed by atoms with Gasteiger partial charge in [0.2, 0.25) is 0 Å². The van der Waals surface area contributed by atoms with Crippen LogP contribution in [0.5, 0.6) is 0 Å². The van der Waals surface area contributed by atoms with E-state index in [1.807, 2.05) is 12.1 Å². The molecule has 3 heteroatoms. The third kappa shape index (κ3) is 3.07. The quantitative estimate of drug-likeness (QED) is 0.694. The second-order valence-corrected chi connectivity index (χ2v) is 6.15. The molecule has 0 fully saturated rings. The van der Waals surface area contributed by atoms with Gasteiger partial charge in [0.1, 0.15) is 0 Å². The van der Waals surface area contributed by atoms with Gasteiger partial charge in [-0.3, -0.25) is 0 Å². The van der Waals surface area contributed by atoms with Gasteiger partial charge in [0.15, 0.2) is 0 Å². The lowest BCUT2D eigenvalue weighted by atomic mass is 10.1. The van der Waals surface area contributed by atoms with E-state index in [1.54, 1.807) is 11.3 Å². The summed E-state index contributed by atoms with van der Waals surface area (Å²) in [5.41, 5.74) is 1.34. The summed E-state index contributed by atoms with van der Waals surface area (Å²) in [6, 6.07) is 14.5. The van der Waals surface area contributed by atoms with Crippen LogP contribution in [0.4, 0.5) is 0 Å². The predicted molar refractivity (Wildman–Crippen MR) is 71.1 cm³/mol. The van der Waals surface area contributed by atoms with E-state index in [1.165, 1.54) is 10.4 Å². The highest BCUT2D eigenvalue weighted by Crippen LogP contribution is 2.34. The first kappa shape index (κ1) is 11.2. The van der Waals surface area contributed by atoms with Crippen molar-refractivity contribution >= 4 is 38.9 Å². The van der Waals surface area contributed by atoms with Crippen LogP contribution in [0.2, 0.25) is 4.34 Å². The SMILES string of the molecule is Clc1ccc(C(Br)Cc2ccccc2)s1. The maximum atomic E-state index is 5.91. The third-order valence-corrected chi connectivity index (χ3v) is 4.63. The number of alkyl halides is 1. The van der Waals surface area contributed by atoms with Gasteiger partial charge in [0.25, 0.3) is 0 Å². The molecule has 0 nitrogen and oxygen atoms in total. The lowest BCUT2D eigenvalue weighted by molar-refractivity contribution is 0.970. The van der Waals surface area contributed by atoms with E-state index in [0.717, 1.165) is 10.8 Å². The first-order valence-electron chi connectivity index (χ1n) is 4.69. The molecule has 0 bridgehead atoms. The molecule has 1 aromatic carbocycles. The number of hydrogen-bond acceptors (Lipinski definition) is 1. The van der Waals surface area contributed by atoms with Crippen LogP contribution in [0, 0.1) is 0 Å². The molecule has 0 saturated heterocycles. The van der Waals surface area contributed by atoms with Gasteiger partial charge < -0.3 is 0 Å². The van der Waals surface area contributed by atoms with Crippen LogP contribution >= 0.6 is 38.9 Å². The van der Waals surface area contributed by atoms with Gasteiger partial charge in [-0.15, -0.1) is 11.3 Å². The molecule has 0 aliphatic carbocycles. The number of benzene rings is 1. The Morgan fingerprint density at radius 2 is 1.87 bits per heavy atom. The van der Waals surface area contributed by atoms with Crippen molar-refractivity contribution in [1.82, 2.24) is 0 Å². The van der Waals surface area contributed by atoms with E-state index in [4.69, 9.17) is 11.6 Å². The van der Waals surface area contributed by atoms with Gasteiger partial charge in [-0.2, -0.15) is 0 Å². The number of hydrogen-bond donors (Lipinski definition) is 0. The standard InChI is InChI=1S/C12H10BrClS/c13-10(11-6-7-12(14)15-11)8-9-4-2-1-3-5-9/h1-7,10H,8H2. The Labute approximate surface area is 107 Å². The molecule has 2 rings (SSSR count). The molecule has 1 heterocycles. The summed E-state index contributed by atoms with van der Waals surface area (Å²) >= 11 is 11.2. The normalized spacial score (nSPS) is 12.7. The van der Waals surface area contributed by atoms with Gasteiger partial charge in [-0.25, -0.2) is 0 Å². The molecule has 78 valence electrons. The van der Waals surface area contributed by atoms with E-state index in [9.17, 15) is 0 Å². The molecular formula is C12H10BrClS. The summed E-state index contributed by atoms with van der Waals surface area (Å²) in [5.74, 6) is 0. The van der Waals surface area contributed by atoms with Crippen molar-refractivity contribution in [3.63, 3.8) is 0 Å². The topological polar surface area (TPSA) is 0 Å². The van der Waals surface area contributed by atoms with E-state index < -0.39 is 0 Å². The van der Waals surface area contributed by atoms with E-state index in [2.05, 4.69) is 46.3 Å². The van der Waals surface area contributed by atoms with Crippen molar-refractivity contribution in [3.05, 3.63) is 57.2 Å². The molecule has 0 amide bonds. The highest BCUT2D eigenvalue weighted by molar-refractivity contribution is 9.09. The van der Waals surface area contributed by atoms with Crippen molar-refractivity contribution in [2.24, 2.45) is 0 Å². The molecule has 0 radical (unpaired) electrons. The number of halogens is 2. The summed E-state index contributed by atoms with van der Waals surface area (Å²) in [7, 11) is 0. The van der Waals surface area contributed by atoms with Crippen molar-refractivity contribution in [1.29, 1.82) is 0 Å². The Morgan fingerprint density at radius 3 is 2.47 bits per heavy atom. The van der Waals surface area contributed by atoms with Gasteiger partial charge in [0.05, 0.1) is 9.16 Å². The lowest BCUT2D eigenvalue weighted by Crippen LogP contribution is -1.91. The Bertz CT molecular complexity index is 424. The summed E-state index contributed by atoms with van der Waals surface area (Å²) < 4.78 is 0.850. The average molecular weight is 302 g/mol. The van der Waals surface area contributed by atoms with Gasteiger partial charge in [-0.05, 0) is 24.1 Å². The maximum absolute atomic E-state index is 5.91. The Balaban J connectivity index is 2.07. The molecule has 1 unspecified atom stereocenters. The van der Waals surface area contributed by atoms with E-state index in [-0.39, 0.29) is 0 Å². The highest BCUT2D eigenvalue weighted by atomic mass is 79.9. The zero-order valence-corrected chi connectivity index (χ0v) is 11.1. The number of thiophene rings is 1. The monoisotopic (exact) mass is 300 g/mol. The fourth-order valence-electron chi connectivity index (χ4n) is 1.42. The highest BCUT2D eigenvalue weighted by Gasteiger charge is 2.10. The summed E-state index contributed by atoms with van der Waals surface area (Å²) in [6.45, 7) is 0. The van der Waals surface area contributed by atoms with Gasteiger partial charge >= 0.3 is 0 Å². The molecular weight excluding hydrogens is 292 g/mol. The van der Waals surface area contributed by atoms with Crippen molar-refractivity contribution in [3.8, 4) is 0 Å². The molecule has 0 spiro atoms. The summed E-state index contributed by atoms with van der Waals surface area (Å²) in [6.07, 6.45) is 0.998. The Hall–Kier alpha value is -0.310. The minimum atomic E-state index is 0.359. The molecule has 0 aliphatic rings. The van der Waals surface area contributed by atoms with Gasteiger partial charge in [-0.1, -0.05) is 57.9 Å². The molecule has 2 aromatic rings. The largest absolute Gasteiger partial charge is 0.127 e. The van der Waals surface area contributed by atoms with Crippen molar-refractivity contribution in [2.75, 3.05) is 0 Å². The van der Waals surface area contributed by atoms with Crippen molar-refractivity contribution in [2.45, 2.75) is 11.2 Å². The molecule has 15 heavy (non-hydrogen) atoms.